The number of hydrogen-bond donors (Lipinski definition) is 1. The van der Waals surface area contributed by atoms with Crippen LogP contribution in [0.1, 0.15) is 48.3 Å². The molecule has 0 bridgehead atoms. The van der Waals surface area contributed by atoms with Gasteiger partial charge in [0.05, 0.1) is 17.3 Å². The van der Waals surface area contributed by atoms with E-state index in [4.69, 9.17) is 16.0 Å². The molecule has 1 aromatic heterocycles. The molecule has 5 nitrogen and oxygen atoms in total. The van der Waals surface area contributed by atoms with Crippen molar-refractivity contribution in [2.24, 2.45) is 0 Å². The summed E-state index contributed by atoms with van der Waals surface area (Å²) in [5.74, 6) is -0.319. The molecule has 152 valence electrons. The second-order valence-corrected chi connectivity index (χ2v) is 13.5. The van der Waals surface area contributed by atoms with Crippen LogP contribution >= 0.6 is 11.6 Å². The number of rotatable bonds is 6. The lowest BCUT2D eigenvalue weighted by atomic mass is 10.2. The van der Waals surface area contributed by atoms with Crippen LogP contribution in [0.4, 0.5) is 4.39 Å². The third kappa shape index (κ3) is 5.83. The second-order valence-electron chi connectivity index (χ2n) is 8.27. The molecule has 0 radical (unpaired) electrons. The van der Waals surface area contributed by atoms with Gasteiger partial charge >= 0.3 is 0 Å². The highest BCUT2D eigenvalue weighted by Gasteiger charge is 2.37. The molecule has 0 atom stereocenters. The van der Waals surface area contributed by atoms with E-state index in [2.05, 4.69) is 49.1 Å². The Hall–Kier alpha value is -1.83. The topological polar surface area (TPSA) is 64.1 Å². The Labute approximate surface area is 171 Å². The molecule has 0 aliphatic rings. The first-order valence-electron chi connectivity index (χ1n) is 9.10. The van der Waals surface area contributed by atoms with Crippen LogP contribution in [0.25, 0.3) is 0 Å². The van der Waals surface area contributed by atoms with Crippen molar-refractivity contribution in [1.82, 2.24) is 15.3 Å². The summed E-state index contributed by atoms with van der Waals surface area (Å²) in [5.41, 5.74) is 1.65. The number of nitrogens with zero attached hydrogens (tertiary/aromatic N) is 2. The van der Waals surface area contributed by atoms with Crippen LogP contribution in [0.3, 0.4) is 0 Å². The van der Waals surface area contributed by atoms with Crippen LogP contribution in [0.15, 0.2) is 24.3 Å². The normalized spacial score (nSPS) is 12.1. The highest BCUT2D eigenvalue weighted by atomic mass is 35.5. The summed E-state index contributed by atoms with van der Waals surface area (Å²) < 4.78 is 19.4. The van der Waals surface area contributed by atoms with Gasteiger partial charge in [-0.1, -0.05) is 38.4 Å². The largest absolute Gasteiger partial charge is 0.411 e. The quantitative estimate of drug-likeness (QED) is 0.662. The number of nitrogens with one attached hydrogen (secondary N) is 1. The Kier molecular flexibility index (Phi) is 6.96. The first-order chi connectivity index (χ1) is 12.9. The maximum atomic E-state index is 13.2. The summed E-state index contributed by atoms with van der Waals surface area (Å²) in [4.78, 5) is 21.1. The van der Waals surface area contributed by atoms with E-state index >= 15 is 0 Å². The predicted molar refractivity (Wildman–Crippen MR) is 111 cm³/mol. The molecule has 2 aromatic rings. The molecule has 0 saturated carbocycles. The fourth-order valence-electron chi connectivity index (χ4n) is 2.21. The molecule has 1 heterocycles. The molecule has 0 saturated heterocycles. The summed E-state index contributed by atoms with van der Waals surface area (Å²) in [6.45, 7) is 13.2. The zero-order valence-corrected chi connectivity index (χ0v) is 18.9. The lowest BCUT2D eigenvalue weighted by molar-refractivity contribution is 0.0945. The first-order valence-corrected chi connectivity index (χ1v) is 12.4. The molecule has 1 amide bonds. The van der Waals surface area contributed by atoms with Gasteiger partial charge in [-0.15, -0.1) is 0 Å². The Morgan fingerprint density at radius 3 is 2.54 bits per heavy atom. The van der Waals surface area contributed by atoms with Crippen LogP contribution in [-0.2, 0) is 17.6 Å². The number of halogens is 2. The van der Waals surface area contributed by atoms with Crippen LogP contribution < -0.4 is 5.32 Å². The third-order valence-electron chi connectivity index (χ3n) is 4.95. The summed E-state index contributed by atoms with van der Waals surface area (Å²) in [5, 5.41) is 2.88. The molecule has 0 unspecified atom stereocenters. The van der Waals surface area contributed by atoms with Gasteiger partial charge in [0.25, 0.3) is 5.91 Å². The van der Waals surface area contributed by atoms with Gasteiger partial charge in [0, 0.05) is 6.54 Å². The monoisotopic (exact) mass is 423 g/mol. The van der Waals surface area contributed by atoms with Crippen LogP contribution in [0.2, 0.25) is 23.2 Å². The van der Waals surface area contributed by atoms with Gasteiger partial charge in [0.15, 0.2) is 8.32 Å². The maximum absolute atomic E-state index is 13.2. The predicted octanol–water partition coefficient (Wildman–Crippen LogP) is 5.03. The average molecular weight is 424 g/mol. The molecular weight excluding hydrogens is 397 g/mol. The van der Waals surface area contributed by atoms with Crippen molar-refractivity contribution in [3.8, 4) is 0 Å². The van der Waals surface area contributed by atoms with E-state index in [0.29, 0.717) is 23.7 Å². The number of carbonyl (C=O) groups is 1. The standard InChI is InChI=1S/C20H27ClFN3O2Si/c1-13-24-15(12-27-28(5,6)20(2,3)4)10-18(25-13)19(26)23-11-14-7-8-17(22)16(21)9-14/h7-10H,11-12H2,1-6H3,(H,23,26). The SMILES string of the molecule is Cc1nc(CO[Si](C)(C)C(C)(C)C)cc(C(=O)NCc2ccc(F)c(Cl)c2)n1. The molecule has 8 heteroatoms. The minimum Gasteiger partial charge on any atom is -0.411 e. The lowest BCUT2D eigenvalue weighted by Gasteiger charge is -2.36. The van der Waals surface area contributed by atoms with Crippen LogP contribution in [0, 0.1) is 12.7 Å². The third-order valence-corrected chi connectivity index (χ3v) is 9.72. The van der Waals surface area contributed by atoms with Gasteiger partial charge in [-0.2, -0.15) is 0 Å². The number of carbonyl (C=O) groups excluding carboxylic acids is 1. The zero-order chi connectivity index (χ0) is 21.1. The lowest BCUT2D eigenvalue weighted by Crippen LogP contribution is -2.40. The van der Waals surface area contributed by atoms with Crippen molar-refractivity contribution in [1.29, 1.82) is 0 Å². The van der Waals surface area contributed by atoms with Gasteiger partial charge in [0.2, 0.25) is 0 Å². The molecule has 1 N–H and O–H groups in total. The highest BCUT2D eigenvalue weighted by molar-refractivity contribution is 6.74. The van der Waals surface area contributed by atoms with Gasteiger partial charge in [-0.05, 0) is 48.8 Å². The maximum Gasteiger partial charge on any atom is 0.270 e. The zero-order valence-electron chi connectivity index (χ0n) is 17.2. The van der Waals surface area contributed by atoms with Crippen molar-refractivity contribution in [2.75, 3.05) is 0 Å². The van der Waals surface area contributed by atoms with E-state index in [1.165, 1.54) is 12.1 Å². The molecule has 0 fully saturated rings. The van der Waals surface area contributed by atoms with E-state index in [1.807, 2.05) is 0 Å². The minimum atomic E-state index is -1.92. The molecule has 1 aromatic carbocycles. The number of benzene rings is 1. The Morgan fingerprint density at radius 1 is 1.25 bits per heavy atom. The fourth-order valence-corrected chi connectivity index (χ4v) is 3.36. The molecular formula is C20H27ClFN3O2Si. The second kappa shape index (κ2) is 8.67. The fraction of sp³-hybridized carbons (Fsp3) is 0.450. The molecule has 0 spiro atoms. The van der Waals surface area contributed by atoms with E-state index in [0.717, 1.165) is 0 Å². The molecule has 0 aliphatic carbocycles. The van der Waals surface area contributed by atoms with Gasteiger partial charge < -0.3 is 9.74 Å². The number of amides is 1. The van der Waals surface area contributed by atoms with E-state index in [-0.39, 0.29) is 28.2 Å². The van der Waals surface area contributed by atoms with Crippen LogP contribution in [0.5, 0.6) is 0 Å². The molecule has 28 heavy (non-hydrogen) atoms. The van der Waals surface area contributed by atoms with Crippen molar-refractivity contribution >= 4 is 25.8 Å². The summed E-state index contributed by atoms with van der Waals surface area (Å²) in [7, 11) is -1.92. The number of aryl methyl sites for hydroxylation is 1. The summed E-state index contributed by atoms with van der Waals surface area (Å²) >= 11 is 5.77. The Bertz CT molecular complexity index is 869. The first kappa shape index (κ1) is 22.5. The summed E-state index contributed by atoms with van der Waals surface area (Å²) in [6, 6.07) is 5.98. The van der Waals surface area contributed by atoms with Crippen molar-refractivity contribution in [2.45, 2.75) is 59.0 Å². The van der Waals surface area contributed by atoms with Crippen molar-refractivity contribution in [3.05, 3.63) is 57.9 Å². The van der Waals surface area contributed by atoms with Crippen molar-refractivity contribution < 1.29 is 13.6 Å². The van der Waals surface area contributed by atoms with Gasteiger partial charge in [-0.3, -0.25) is 4.79 Å². The smallest absolute Gasteiger partial charge is 0.270 e. The van der Waals surface area contributed by atoms with Gasteiger partial charge in [-0.25, -0.2) is 14.4 Å². The molecule has 0 aliphatic heterocycles. The highest BCUT2D eigenvalue weighted by Crippen LogP contribution is 2.36. The summed E-state index contributed by atoms with van der Waals surface area (Å²) in [6.07, 6.45) is 0. The van der Waals surface area contributed by atoms with Crippen molar-refractivity contribution in [3.63, 3.8) is 0 Å². The van der Waals surface area contributed by atoms with Crippen LogP contribution in [-0.4, -0.2) is 24.2 Å². The Balaban J connectivity index is 2.07. The number of aromatic nitrogens is 2. The van der Waals surface area contributed by atoms with E-state index < -0.39 is 14.1 Å². The minimum absolute atomic E-state index is 0.0229. The average Bonchev–Trinajstić information content (AvgIpc) is 2.59. The van der Waals surface area contributed by atoms with E-state index in [9.17, 15) is 9.18 Å². The molecule has 2 rings (SSSR count). The van der Waals surface area contributed by atoms with E-state index in [1.54, 1.807) is 19.1 Å². The number of hydrogen-bond acceptors (Lipinski definition) is 4. The Morgan fingerprint density at radius 2 is 1.93 bits per heavy atom. The van der Waals surface area contributed by atoms with Gasteiger partial charge in [0.1, 0.15) is 17.3 Å².